The van der Waals surface area contributed by atoms with Gasteiger partial charge in [0.1, 0.15) is 22.8 Å². The quantitative estimate of drug-likeness (QED) is 0.713. The van der Waals surface area contributed by atoms with Crippen LogP contribution >= 0.6 is 0 Å². The molecule has 2 fully saturated rings. The Morgan fingerprint density at radius 2 is 1.93 bits per heavy atom. The number of hydrogen-bond acceptors (Lipinski definition) is 5. The van der Waals surface area contributed by atoms with Crippen molar-refractivity contribution in [1.82, 2.24) is 19.0 Å². The van der Waals surface area contributed by atoms with Crippen molar-refractivity contribution in [2.45, 2.75) is 49.8 Å². The first-order chi connectivity index (χ1) is 14.0. The third-order valence-electron chi connectivity index (χ3n) is 5.51. The molecule has 0 aliphatic carbocycles. The second kappa shape index (κ2) is 8.16. The molecule has 2 atom stereocenters. The smallest absolute Gasteiger partial charge is 0.247 e. The summed E-state index contributed by atoms with van der Waals surface area (Å²) in [5, 5.41) is 4.09. The van der Waals surface area contributed by atoms with Crippen molar-refractivity contribution >= 4 is 15.9 Å². The third kappa shape index (κ3) is 4.02. The molecule has 0 N–H and O–H groups in total. The highest BCUT2D eigenvalue weighted by Crippen LogP contribution is 2.30. The monoisotopic (exact) mass is 418 g/mol. The van der Waals surface area contributed by atoms with Crippen LogP contribution < -0.4 is 4.74 Å². The van der Waals surface area contributed by atoms with Crippen LogP contribution in [0.3, 0.4) is 0 Å². The highest BCUT2D eigenvalue weighted by molar-refractivity contribution is 7.89. The van der Waals surface area contributed by atoms with Crippen molar-refractivity contribution in [1.29, 1.82) is 0 Å². The van der Waals surface area contributed by atoms with E-state index in [0.29, 0.717) is 31.8 Å². The molecule has 0 saturated carbocycles. The van der Waals surface area contributed by atoms with Gasteiger partial charge in [-0.1, -0.05) is 18.2 Å². The molecule has 2 aliphatic heterocycles. The van der Waals surface area contributed by atoms with Crippen molar-refractivity contribution in [2.75, 3.05) is 19.6 Å². The molecule has 2 aliphatic rings. The van der Waals surface area contributed by atoms with E-state index in [1.165, 1.54) is 16.7 Å². The van der Waals surface area contributed by atoms with Crippen molar-refractivity contribution in [3.05, 3.63) is 42.7 Å². The van der Waals surface area contributed by atoms with Gasteiger partial charge in [0.2, 0.25) is 15.9 Å². The van der Waals surface area contributed by atoms with Gasteiger partial charge in [0.15, 0.2) is 0 Å². The summed E-state index contributed by atoms with van der Waals surface area (Å²) in [7, 11) is -3.85. The van der Waals surface area contributed by atoms with Crippen LogP contribution in [0.25, 0.3) is 0 Å². The predicted molar refractivity (Wildman–Crippen MR) is 107 cm³/mol. The minimum Gasteiger partial charge on any atom is -0.489 e. The molecule has 1 aromatic carbocycles. The van der Waals surface area contributed by atoms with Crippen LogP contribution in [0.5, 0.6) is 5.75 Å². The molecule has 3 heterocycles. The molecule has 1 aromatic heterocycles. The van der Waals surface area contributed by atoms with Crippen molar-refractivity contribution in [3.8, 4) is 5.75 Å². The van der Waals surface area contributed by atoms with Gasteiger partial charge in [-0.15, -0.1) is 0 Å². The summed E-state index contributed by atoms with van der Waals surface area (Å²) in [5.74, 6) is 0.538. The summed E-state index contributed by atoms with van der Waals surface area (Å²) in [4.78, 5) is 15.0. The molecule has 0 spiro atoms. The summed E-state index contributed by atoms with van der Waals surface area (Å²) < 4.78 is 35.6. The molecule has 8 nitrogen and oxygen atoms in total. The zero-order valence-corrected chi connectivity index (χ0v) is 17.3. The van der Waals surface area contributed by atoms with Gasteiger partial charge in [-0.2, -0.15) is 9.40 Å². The Bertz CT molecular complexity index is 954. The maximum absolute atomic E-state index is 13.3. The van der Waals surface area contributed by atoms with Crippen molar-refractivity contribution < 1.29 is 17.9 Å². The first kappa shape index (κ1) is 19.9. The Kier molecular flexibility index (Phi) is 5.60. The summed E-state index contributed by atoms with van der Waals surface area (Å²) in [5.41, 5.74) is 0. The number of aromatic nitrogens is 2. The largest absolute Gasteiger partial charge is 0.489 e. The number of sulfonamides is 1. The lowest BCUT2D eigenvalue weighted by Crippen LogP contribution is -2.46. The minimum absolute atomic E-state index is 0.110. The molecule has 4 rings (SSSR count). The van der Waals surface area contributed by atoms with E-state index in [-0.39, 0.29) is 23.5 Å². The summed E-state index contributed by atoms with van der Waals surface area (Å²) in [6, 6.07) is 8.54. The normalized spacial score (nSPS) is 22.9. The van der Waals surface area contributed by atoms with E-state index < -0.39 is 16.1 Å². The van der Waals surface area contributed by atoms with E-state index in [4.69, 9.17) is 4.74 Å². The van der Waals surface area contributed by atoms with E-state index in [1.807, 2.05) is 37.3 Å². The van der Waals surface area contributed by atoms with Gasteiger partial charge in [-0.05, 0) is 31.9 Å². The third-order valence-corrected chi connectivity index (χ3v) is 7.33. The second-order valence-corrected chi connectivity index (χ2v) is 9.33. The van der Waals surface area contributed by atoms with Gasteiger partial charge >= 0.3 is 0 Å². The van der Waals surface area contributed by atoms with Crippen molar-refractivity contribution in [2.24, 2.45) is 0 Å². The summed E-state index contributed by atoms with van der Waals surface area (Å²) in [6.07, 6.45) is 4.73. The SMILES string of the molecule is CCn1cc(S(=O)(=O)N2C[C@@H](Oc3ccccc3)C[C@H]2C(=O)N2CCCC2)cn1. The number of benzene rings is 1. The van der Waals surface area contributed by atoms with E-state index >= 15 is 0 Å². The number of amides is 1. The Hall–Kier alpha value is -2.39. The number of para-hydroxylation sites is 1. The van der Waals surface area contributed by atoms with Gasteiger partial charge in [-0.3, -0.25) is 9.48 Å². The average Bonchev–Trinajstić information content (AvgIpc) is 3.48. The van der Waals surface area contributed by atoms with Crippen LogP contribution in [-0.2, 0) is 21.4 Å². The zero-order chi connectivity index (χ0) is 20.4. The van der Waals surface area contributed by atoms with E-state index in [1.54, 1.807) is 9.58 Å². The minimum atomic E-state index is -3.85. The lowest BCUT2D eigenvalue weighted by Gasteiger charge is -2.26. The van der Waals surface area contributed by atoms with Crippen LogP contribution in [0.4, 0.5) is 0 Å². The molecular weight excluding hydrogens is 392 g/mol. The van der Waals surface area contributed by atoms with Crippen LogP contribution in [0.1, 0.15) is 26.2 Å². The molecule has 2 saturated heterocycles. The van der Waals surface area contributed by atoms with Gasteiger partial charge in [0, 0.05) is 32.3 Å². The number of ether oxygens (including phenoxy) is 1. The Balaban J connectivity index is 1.61. The molecule has 1 amide bonds. The van der Waals surface area contributed by atoms with Gasteiger partial charge < -0.3 is 9.64 Å². The van der Waals surface area contributed by atoms with Crippen LogP contribution in [0.15, 0.2) is 47.6 Å². The summed E-state index contributed by atoms with van der Waals surface area (Å²) in [6.45, 7) is 3.97. The molecule has 0 radical (unpaired) electrons. The molecule has 0 bridgehead atoms. The lowest BCUT2D eigenvalue weighted by molar-refractivity contribution is -0.133. The number of carbonyl (C=O) groups excluding carboxylic acids is 1. The first-order valence-corrected chi connectivity index (χ1v) is 11.5. The number of rotatable bonds is 6. The van der Waals surface area contributed by atoms with Crippen LogP contribution in [0, 0.1) is 0 Å². The molecule has 156 valence electrons. The number of nitrogens with zero attached hydrogens (tertiary/aromatic N) is 4. The van der Waals surface area contributed by atoms with Gasteiger partial charge in [0.05, 0.1) is 12.7 Å². The molecule has 9 heteroatoms. The Morgan fingerprint density at radius 1 is 1.21 bits per heavy atom. The fraction of sp³-hybridized carbons (Fsp3) is 0.500. The molecule has 2 aromatic rings. The number of carbonyl (C=O) groups is 1. The second-order valence-electron chi connectivity index (χ2n) is 7.44. The topological polar surface area (TPSA) is 84.7 Å². The first-order valence-electron chi connectivity index (χ1n) is 10.0. The molecule has 0 unspecified atom stereocenters. The molecular formula is C20H26N4O4S. The Morgan fingerprint density at radius 3 is 2.59 bits per heavy atom. The van der Waals surface area contributed by atoms with E-state index in [9.17, 15) is 13.2 Å². The lowest BCUT2D eigenvalue weighted by atomic mass is 10.2. The highest BCUT2D eigenvalue weighted by atomic mass is 32.2. The Labute approximate surface area is 171 Å². The van der Waals surface area contributed by atoms with Crippen LogP contribution in [-0.4, -0.2) is 65.1 Å². The fourth-order valence-corrected chi connectivity index (χ4v) is 5.55. The highest BCUT2D eigenvalue weighted by Gasteiger charge is 2.46. The zero-order valence-electron chi connectivity index (χ0n) is 16.5. The van der Waals surface area contributed by atoms with E-state index in [2.05, 4.69) is 5.10 Å². The molecule has 29 heavy (non-hydrogen) atoms. The maximum Gasteiger partial charge on any atom is 0.247 e. The van der Waals surface area contributed by atoms with Crippen molar-refractivity contribution in [3.63, 3.8) is 0 Å². The maximum atomic E-state index is 13.3. The summed E-state index contributed by atoms with van der Waals surface area (Å²) >= 11 is 0. The van der Waals surface area contributed by atoms with Gasteiger partial charge in [-0.25, -0.2) is 8.42 Å². The number of likely N-dealkylation sites (tertiary alicyclic amines) is 1. The van der Waals surface area contributed by atoms with E-state index in [0.717, 1.165) is 12.8 Å². The standard InChI is InChI=1S/C20H26N4O4S/c1-2-23-15-18(13-21-23)29(26,27)24-14-17(28-16-8-4-3-5-9-16)12-19(24)20(25)22-10-6-7-11-22/h3-5,8-9,13,15,17,19H,2,6-7,10-12,14H2,1H3/t17-,19-/m0/s1. The van der Waals surface area contributed by atoms with Gasteiger partial charge in [0.25, 0.3) is 0 Å². The predicted octanol–water partition coefficient (Wildman–Crippen LogP) is 1.74. The van der Waals surface area contributed by atoms with Crippen LogP contribution in [0.2, 0.25) is 0 Å². The number of hydrogen-bond donors (Lipinski definition) is 0. The average molecular weight is 419 g/mol. The number of aryl methyl sites for hydroxylation is 1. The fourth-order valence-electron chi connectivity index (χ4n) is 3.97.